The quantitative estimate of drug-likeness (QED) is 0.444. The van der Waals surface area contributed by atoms with Gasteiger partial charge in [0.25, 0.3) is 11.8 Å². The number of carbonyl (C=O) groups excluding carboxylic acids is 2. The number of halogens is 6. The number of amides is 2. The van der Waals surface area contributed by atoms with Crippen molar-refractivity contribution >= 4 is 53.1 Å². The molecular formula is C26H29Cl3F3N3O3. The van der Waals surface area contributed by atoms with Gasteiger partial charge in [0.15, 0.2) is 5.60 Å². The molecule has 2 aromatic carbocycles. The number of rotatable bonds is 7. The first-order chi connectivity index (χ1) is 17.4. The van der Waals surface area contributed by atoms with E-state index in [2.05, 4.69) is 24.1 Å². The molecule has 2 N–H and O–H groups in total. The Labute approximate surface area is 235 Å². The SMILES string of the molecule is CCN(CC)[C@H]1C[C@H](CN2C(=O)C(O)(c3ccc(Cl)cc3Cl)c3c2cc(C(=O)NC)cc3C(F)(F)F)C1.Cl. The molecule has 2 amide bonds. The third-order valence-electron chi connectivity index (χ3n) is 7.42. The van der Waals surface area contributed by atoms with Crippen molar-refractivity contribution in [2.24, 2.45) is 5.92 Å². The van der Waals surface area contributed by atoms with Gasteiger partial charge in [0.2, 0.25) is 0 Å². The normalized spacial score (nSPS) is 22.7. The van der Waals surface area contributed by atoms with E-state index in [1.54, 1.807) is 0 Å². The summed E-state index contributed by atoms with van der Waals surface area (Å²) in [6.07, 6.45) is -3.44. The lowest BCUT2D eigenvalue weighted by Gasteiger charge is -2.43. The number of hydrogen-bond acceptors (Lipinski definition) is 4. The maximum atomic E-state index is 14.4. The summed E-state index contributed by atoms with van der Waals surface area (Å²) in [5.74, 6) is -1.67. The lowest BCUT2D eigenvalue weighted by Crippen LogP contribution is -2.50. The van der Waals surface area contributed by atoms with Crippen LogP contribution in [0.15, 0.2) is 30.3 Å². The molecule has 0 bridgehead atoms. The molecule has 0 radical (unpaired) electrons. The number of nitrogens with one attached hydrogen (secondary N) is 1. The Morgan fingerprint density at radius 1 is 1.18 bits per heavy atom. The predicted octanol–water partition coefficient (Wildman–Crippen LogP) is 5.50. The first-order valence-corrected chi connectivity index (χ1v) is 12.8. The van der Waals surface area contributed by atoms with Crippen molar-refractivity contribution in [2.45, 2.75) is 44.5 Å². The number of fused-ring (bicyclic) bond motifs is 1. The summed E-state index contributed by atoms with van der Waals surface area (Å²) in [7, 11) is 1.30. The molecule has 208 valence electrons. The Hall–Kier alpha value is -2.04. The number of anilines is 1. The highest BCUT2D eigenvalue weighted by atomic mass is 35.5. The van der Waals surface area contributed by atoms with Crippen LogP contribution in [0.25, 0.3) is 0 Å². The zero-order valence-electron chi connectivity index (χ0n) is 21.0. The third-order valence-corrected chi connectivity index (χ3v) is 7.97. The zero-order valence-corrected chi connectivity index (χ0v) is 23.4. The second-order valence-electron chi connectivity index (χ2n) is 9.46. The number of nitrogens with zero attached hydrogens (tertiary/aromatic N) is 2. The van der Waals surface area contributed by atoms with Crippen LogP contribution in [-0.4, -0.2) is 54.5 Å². The third kappa shape index (κ3) is 5.11. The Morgan fingerprint density at radius 3 is 2.34 bits per heavy atom. The van der Waals surface area contributed by atoms with Gasteiger partial charge in [-0.1, -0.05) is 43.1 Å². The summed E-state index contributed by atoms with van der Waals surface area (Å²) in [6.45, 7) is 5.97. The highest BCUT2D eigenvalue weighted by molar-refractivity contribution is 6.35. The van der Waals surface area contributed by atoms with Crippen LogP contribution in [0.5, 0.6) is 0 Å². The van der Waals surface area contributed by atoms with Gasteiger partial charge in [-0.3, -0.25) is 9.59 Å². The molecule has 38 heavy (non-hydrogen) atoms. The van der Waals surface area contributed by atoms with Crippen LogP contribution in [0.4, 0.5) is 18.9 Å². The van der Waals surface area contributed by atoms with E-state index in [1.807, 2.05) is 0 Å². The molecular weight excluding hydrogens is 566 g/mol. The van der Waals surface area contributed by atoms with Crippen LogP contribution in [0.3, 0.4) is 0 Å². The summed E-state index contributed by atoms with van der Waals surface area (Å²) < 4.78 is 43.2. The molecule has 1 fully saturated rings. The van der Waals surface area contributed by atoms with E-state index in [-0.39, 0.29) is 51.7 Å². The van der Waals surface area contributed by atoms with Gasteiger partial charge >= 0.3 is 6.18 Å². The molecule has 1 aliphatic carbocycles. The van der Waals surface area contributed by atoms with E-state index in [9.17, 15) is 27.9 Å². The van der Waals surface area contributed by atoms with E-state index >= 15 is 0 Å². The second kappa shape index (κ2) is 11.2. The average molecular weight is 595 g/mol. The maximum Gasteiger partial charge on any atom is 0.416 e. The number of hydrogen-bond donors (Lipinski definition) is 2. The lowest BCUT2D eigenvalue weighted by atomic mass is 9.78. The van der Waals surface area contributed by atoms with E-state index in [4.69, 9.17) is 23.2 Å². The smallest absolute Gasteiger partial charge is 0.372 e. The largest absolute Gasteiger partial charge is 0.416 e. The van der Waals surface area contributed by atoms with Gasteiger partial charge in [0.1, 0.15) is 0 Å². The van der Waals surface area contributed by atoms with E-state index in [0.717, 1.165) is 25.9 Å². The number of carbonyl (C=O) groups is 2. The molecule has 1 unspecified atom stereocenters. The maximum absolute atomic E-state index is 14.4. The minimum absolute atomic E-state index is 0. The minimum Gasteiger partial charge on any atom is -0.372 e. The molecule has 1 heterocycles. The highest BCUT2D eigenvalue weighted by Gasteiger charge is 2.57. The highest BCUT2D eigenvalue weighted by Crippen LogP contribution is 2.52. The summed E-state index contributed by atoms with van der Waals surface area (Å²) in [5, 5.41) is 14.2. The average Bonchev–Trinajstić information content (AvgIpc) is 3.03. The van der Waals surface area contributed by atoms with Gasteiger partial charge < -0.3 is 20.2 Å². The summed E-state index contributed by atoms with van der Waals surface area (Å²) in [6, 6.07) is 6.07. The second-order valence-corrected chi connectivity index (χ2v) is 10.3. The van der Waals surface area contributed by atoms with Crippen molar-refractivity contribution < 1.29 is 27.9 Å². The minimum atomic E-state index is -4.97. The van der Waals surface area contributed by atoms with Crippen molar-refractivity contribution in [3.63, 3.8) is 0 Å². The van der Waals surface area contributed by atoms with Crippen LogP contribution < -0.4 is 10.2 Å². The first-order valence-electron chi connectivity index (χ1n) is 12.1. The fourth-order valence-electron chi connectivity index (χ4n) is 5.49. The monoisotopic (exact) mass is 593 g/mol. The van der Waals surface area contributed by atoms with Crippen molar-refractivity contribution in [3.8, 4) is 0 Å². The van der Waals surface area contributed by atoms with Gasteiger partial charge in [-0.2, -0.15) is 13.2 Å². The summed E-state index contributed by atoms with van der Waals surface area (Å²) in [4.78, 5) is 29.7. The van der Waals surface area contributed by atoms with Gasteiger partial charge in [-0.05, 0) is 56.1 Å². The molecule has 1 saturated carbocycles. The van der Waals surface area contributed by atoms with Gasteiger partial charge in [0, 0.05) is 46.4 Å². The number of aliphatic hydroxyl groups is 1. The van der Waals surface area contributed by atoms with E-state index in [1.165, 1.54) is 36.2 Å². The van der Waals surface area contributed by atoms with Crippen LogP contribution in [0.1, 0.15) is 53.7 Å². The van der Waals surface area contributed by atoms with E-state index < -0.39 is 34.7 Å². The van der Waals surface area contributed by atoms with Gasteiger partial charge in [-0.25, -0.2) is 0 Å². The van der Waals surface area contributed by atoms with Gasteiger partial charge in [0.05, 0.1) is 11.3 Å². The van der Waals surface area contributed by atoms with E-state index in [0.29, 0.717) is 12.1 Å². The fraction of sp³-hybridized carbons (Fsp3) is 0.462. The number of benzene rings is 2. The van der Waals surface area contributed by atoms with Gasteiger partial charge in [-0.15, -0.1) is 12.4 Å². The molecule has 0 spiro atoms. The van der Waals surface area contributed by atoms with Crippen LogP contribution >= 0.6 is 35.6 Å². The number of alkyl halides is 3. The molecule has 0 saturated heterocycles. The van der Waals surface area contributed by atoms with Crippen molar-refractivity contribution in [1.29, 1.82) is 0 Å². The Kier molecular flexibility index (Phi) is 9.00. The zero-order chi connectivity index (χ0) is 27.3. The lowest BCUT2D eigenvalue weighted by molar-refractivity contribution is -0.142. The van der Waals surface area contributed by atoms with Crippen molar-refractivity contribution in [1.82, 2.24) is 10.2 Å². The van der Waals surface area contributed by atoms with Crippen LogP contribution in [0.2, 0.25) is 10.0 Å². The topological polar surface area (TPSA) is 72.9 Å². The molecule has 0 aromatic heterocycles. The van der Waals surface area contributed by atoms with Crippen molar-refractivity contribution in [2.75, 3.05) is 31.6 Å². The Morgan fingerprint density at radius 2 is 1.82 bits per heavy atom. The molecule has 2 aromatic rings. The molecule has 4 rings (SSSR count). The Balaban J connectivity index is 0.00000400. The molecule has 12 heteroatoms. The van der Waals surface area contributed by atoms with Crippen LogP contribution in [0, 0.1) is 5.92 Å². The fourth-order valence-corrected chi connectivity index (χ4v) is 6.04. The van der Waals surface area contributed by atoms with Crippen LogP contribution in [-0.2, 0) is 16.6 Å². The molecule has 1 aliphatic heterocycles. The molecule has 6 nitrogen and oxygen atoms in total. The standard InChI is InChI=1S/C26H28Cl2F3N3O3.ClH/c1-4-33(5-2)17-8-14(9-17)13-34-21-11-15(23(35)32-3)10-19(26(29,30)31)22(21)25(37,24(34)36)18-7-6-16(27)12-20(18)28;/h6-7,10-12,14,17,37H,4-5,8-9,13H2,1-3H3,(H,32,35);1H/t14-,17-,25?;. The molecule has 1 atom stereocenters. The predicted molar refractivity (Wildman–Crippen MR) is 143 cm³/mol. The first kappa shape index (κ1) is 30.5. The summed E-state index contributed by atoms with van der Waals surface area (Å²) in [5.41, 5.74) is -5.26. The van der Waals surface area contributed by atoms with Crippen molar-refractivity contribution in [3.05, 3.63) is 62.6 Å². The summed E-state index contributed by atoms with van der Waals surface area (Å²) >= 11 is 12.3. The molecule has 2 aliphatic rings. The Bertz CT molecular complexity index is 1230.